The molecule has 1 saturated heterocycles. The van der Waals surface area contributed by atoms with Crippen molar-refractivity contribution < 1.29 is 91.6 Å². The van der Waals surface area contributed by atoms with Crippen molar-refractivity contribution in [3.8, 4) is 0 Å². The van der Waals surface area contributed by atoms with E-state index in [9.17, 15) is 43.8 Å². The molecule has 21 nitrogen and oxygen atoms in total. The molecule has 3 aromatic carbocycles. The van der Waals surface area contributed by atoms with Crippen LogP contribution in [0.15, 0.2) is 102 Å². The van der Waals surface area contributed by atoms with Gasteiger partial charge in [-0.2, -0.15) is 0 Å². The van der Waals surface area contributed by atoms with E-state index in [0.717, 1.165) is 13.8 Å². The number of esters is 4. The molecule has 7 rings (SSSR count). The van der Waals surface area contributed by atoms with Crippen molar-refractivity contribution in [2.45, 2.75) is 121 Å². The molecule has 0 spiro atoms. The molecule has 3 aliphatic carbocycles. The highest BCUT2D eigenvalue weighted by Gasteiger charge is 2.78. The number of Topliss-reactive ketones (excluding diaryl/α,β-unsaturated/α-hetero) is 1. The molecular weight excluding hydrogens is 1070 g/mol. The maximum absolute atomic E-state index is 15.8. The number of carboxylic acid groups (broad SMARTS) is 1. The van der Waals surface area contributed by atoms with Gasteiger partial charge in [-0.15, -0.1) is 0 Å². The smallest absolute Gasteiger partial charge is 0.481 e. The molecule has 2 bridgehead atoms. The Morgan fingerprint density at radius 1 is 0.810 bits per heavy atom. The summed E-state index contributed by atoms with van der Waals surface area (Å²) in [6.45, 7) is 7.73. The van der Waals surface area contributed by atoms with Crippen LogP contribution in [0.3, 0.4) is 0 Å². The lowest BCUT2D eigenvalue weighted by Crippen LogP contribution is -2.82. The molecule has 79 heavy (non-hydrogen) atoms. The number of nitrogens with one attached hydrogen (secondary N) is 2. The number of benzene rings is 3. The Bertz CT molecular complexity index is 2820. The van der Waals surface area contributed by atoms with Crippen LogP contribution in [0.5, 0.6) is 0 Å². The van der Waals surface area contributed by atoms with Gasteiger partial charge in [-0.25, -0.2) is 14.4 Å². The van der Waals surface area contributed by atoms with Crippen LogP contribution < -0.4 is 10.6 Å². The van der Waals surface area contributed by atoms with Crippen LogP contribution in [0, 0.1) is 16.7 Å². The van der Waals surface area contributed by atoms with Crippen molar-refractivity contribution in [3.63, 3.8) is 0 Å². The van der Waals surface area contributed by atoms with E-state index in [1.807, 2.05) is 0 Å². The van der Waals surface area contributed by atoms with E-state index in [1.54, 1.807) is 66.7 Å². The Kier molecular flexibility index (Phi) is 19.0. The Morgan fingerprint density at radius 3 is 2.03 bits per heavy atom. The monoisotopic (exact) mass is 1130 g/mol. The predicted octanol–water partition coefficient (Wildman–Crippen LogP) is 5.26. The van der Waals surface area contributed by atoms with Crippen LogP contribution in [0.1, 0.15) is 99.5 Å². The molecule has 23 heteroatoms. The van der Waals surface area contributed by atoms with Gasteiger partial charge in [0, 0.05) is 62.1 Å². The molecule has 4 aliphatic rings. The first-order valence-electron chi connectivity index (χ1n) is 25.5. The fraction of sp³-hybridized carbons (Fsp3) is 0.482. The number of aliphatic hydroxyl groups is 2. The number of carbonyl (C=O) groups excluding carboxylic acids is 8. The predicted molar refractivity (Wildman–Crippen MR) is 283 cm³/mol. The van der Waals surface area contributed by atoms with Crippen LogP contribution in [0.4, 0.5) is 4.79 Å². The Labute approximate surface area is 463 Å². The van der Waals surface area contributed by atoms with Crippen LogP contribution >= 0.6 is 21.6 Å². The van der Waals surface area contributed by atoms with E-state index >= 15 is 9.59 Å². The van der Waals surface area contributed by atoms with Gasteiger partial charge in [-0.1, -0.05) is 102 Å². The van der Waals surface area contributed by atoms with Gasteiger partial charge in [0.05, 0.1) is 36.0 Å². The molecular formula is C56H64N2O19S2. The number of carbonyl (C=O) groups is 9. The molecule has 1 aliphatic heterocycles. The van der Waals surface area contributed by atoms with Gasteiger partial charge < -0.3 is 59.1 Å². The Morgan fingerprint density at radius 2 is 1.43 bits per heavy atom. The number of hydrogen-bond acceptors (Lipinski definition) is 20. The summed E-state index contributed by atoms with van der Waals surface area (Å²) in [5.41, 5.74) is -7.79. The van der Waals surface area contributed by atoms with Crippen molar-refractivity contribution in [1.29, 1.82) is 0 Å². The summed E-state index contributed by atoms with van der Waals surface area (Å²) in [5, 5.41) is 40.4. The number of ketones is 1. The molecule has 0 aromatic heterocycles. The number of hydrogen-bond donors (Lipinski definition) is 5. The van der Waals surface area contributed by atoms with E-state index < -0.39 is 131 Å². The van der Waals surface area contributed by atoms with Crippen molar-refractivity contribution in [2.24, 2.45) is 16.7 Å². The molecule has 1 heterocycles. The molecule has 5 N–H and O–H groups in total. The highest BCUT2D eigenvalue weighted by Crippen LogP contribution is 2.64. The first kappa shape index (κ1) is 59.9. The van der Waals surface area contributed by atoms with Gasteiger partial charge in [0.25, 0.3) is 5.91 Å². The molecule has 0 unspecified atom stereocenters. The molecule has 11 atom stereocenters. The number of aliphatic hydroxyl groups excluding tert-OH is 1. The van der Waals surface area contributed by atoms with Crippen molar-refractivity contribution >= 4 is 75.2 Å². The zero-order chi connectivity index (χ0) is 57.5. The summed E-state index contributed by atoms with van der Waals surface area (Å²) in [6, 6.07) is 22.3. The number of fused-ring (bicyclic) bond motifs is 5. The third-order valence-electron chi connectivity index (χ3n) is 15.2. The van der Waals surface area contributed by atoms with Crippen LogP contribution in [-0.4, -0.2) is 148 Å². The minimum Gasteiger partial charge on any atom is -0.481 e. The zero-order valence-corrected chi connectivity index (χ0v) is 46.0. The van der Waals surface area contributed by atoms with Crippen molar-refractivity contribution in [2.75, 3.05) is 31.3 Å². The second-order valence-electron chi connectivity index (χ2n) is 20.4. The molecule has 3 aromatic rings. The van der Waals surface area contributed by atoms with Gasteiger partial charge in [-0.05, 0) is 54.8 Å². The fourth-order valence-electron chi connectivity index (χ4n) is 11.2. The standard InChI is InChI=1S/C56H64N2O19S2/c1-31-37(74-51(68)45(43(34-16-10-7-11-17-34)58-49(66)35-18-12-8-13-19-35)75-52(69)71-25-27-79-78-26-24-57-40(62)22-23-41(63)64)29-56(70)48(76-50(67)36-20-14-9-15-21-36)46-54(6,38(61)28-39-55(46,30-72-39)77-33(3)60)47(65)44(73-32(2)59)42(31)53(56,4)5/h7-21,37-39,43-46,48,61,70H,22-30H2,1-6H3,(H,57,62)(H,58,66)(H,63,64)/t37-,38-,39+,43-,44+,45+,46-,48-,54+,55-,56+/m0/s1. The highest BCUT2D eigenvalue weighted by molar-refractivity contribution is 8.76. The van der Waals surface area contributed by atoms with E-state index in [0.29, 0.717) is 5.75 Å². The SMILES string of the molecule is CC(=O)O[C@H]1C(=O)[C@@]2(C)[C@H]([C@H](OC(=O)c3ccccc3)[C@]3(O)C[C@H](OC(=O)[C@H](OC(=O)OCCSSCCNC(=O)CCC(=O)O)[C@@H](NC(=O)c4ccccc4)c4ccccc4)C(C)=C1C3(C)C)[C@]1(OC(C)=O)CO[C@@H]1C[C@@H]2O. The minimum absolute atomic E-state index is 0.0206. The van der Waals surface area contributed by atoms with E-state index in [2.05, 4.69) is 10.6 Å². The van der Waals surface area contributed by atoms with Gasteiger partial charge >= 0.3 is 36.0 Å². The highest BCUT2D eigenvalue weighted by atomic mass is 33.1. The zero-order valence-electron chi connectivity index (χ0n) is 44.3. The third kappa shape index (κ3) is 12.6. The topological polar surface area (TPSA) is 303 Å². The number of ether oxygens (including phenoxy) is 7. The summed E-state index contributed by atoms with van der Waals surface area (Å²) in [5.74, 6) is -8.16. The first-order chi connectivity index (χ1) is 37.5. The average Bonchev–Trinajstić information content (AvgIpc) is 3.29. The minimum atomic E-state index is -2.51. The van der Waals surface area contributed by atoms with E-state index in [1.165, 1.54) is 73.5 Å². The summed E-state index contributed by atoms with van der Waals surface area (Å²) in [4.78, 5) is 122. The second kappa shape index (κ2) is 25.1. The summed E-state index contributed by atoms with van der Waals surface area (Å²) in [7, 11) is 2.62. The molecule has 2 saturated carbocycles. The first-order valence-corrected chi connectivity index (χ1v) is 28.0. The van der Waals surface area contributed by atoms with E-state index in [-0.39, 0.29) is 72.6 Å². The van der Waals surface area contributed by atoms with Gasteiger partial charge in [0.1, 0.15) is 36.6 Å². The van der Waals surface area contributed by atoms with Crippen molar-refractivity contribution in [3.05, 3.63) is 119 Å². The maximum atomic E-state index is 15.8. The molecule has 2 amide bonds. The number of carboxylic acids is 1. The summed E-state index contributed by atoms with van der Waals surface area (Å²) < 4.78 is 42.1. The lowest BCUT2D eigenvalue weighted by atomic mass is 9.44. The molecule has 424 valence electrons. The quantitative estimate of drug-likeness (QED) is 0.0299. The van der Waals surface area contributed by atoms with E-state index in [4.69, 9.17) is 38.3 Å². The fourth-order valence-corrected chi connectivity index (χ4v) is 13.0. The maximum Gasteiger partial charge on any atom is 0.509 e. The average molecular weight is 1130 g/mol. The van der Waals surface area contributed by atoms with Crippen LogP contribution in [0.25, 0.3) is 0 Å². The van der Waals surface area contributed by atoms with Gasteiger partial charge in [0.15, 0.2) is 17.5 Å². The lowest BCUT2D eigenvalue weighted by molar-refractivity contribution is -0.346. The third-order valence-corrected chi connectivity index (χ3v) is 17.6. The van der Waals surface area contributed by atoms with Crippen LogP contribution in [-0.2, 0) is 61.9 Å². The lowest BCUT2D eigenvalue weighted by Gasteiger charge is -2.67. The Balaban J connectivity index is 1.29. The Hall–Kier alpha value is -6.79. The second-order valence-corrected chi connectivity index (χ2v) is 23.1. The largest absolute Gasteiger partial charge is 0.509 e. The van der Waals surface area contributed by atoms with Crippen molar-refractivity contribution in [1.82, 2.24) is 10.6 Å². The van der Waals surface area contributed by atoms with Gasteiger partial charge in [-0.3, -0.25) is 28.8 Å². The van der Waals surface area contributed by atoms with Gasteiger partial charge in [0.2, 0.25) is 12.0 Å². The van der Waals surface area contributed by atoms with Crippen LogP contribution in [0.2, 0.25) is 0 Å². The number of amides is 2. The molecule has 0 radical (unpaired) electrons. The number of rotatable bonds is 21. The normalized spacial score (nSPS) is 27.3. The molecule has 3 fully saturated rings. The number of aliphatic carboxylic acids is 1. The summed E-state index contributed by atoms with van der Waals surface area (Å²) >= 11 is 0. The summed E-state index contributed by atoms with van der Waals surface area (Å²) in [6.07, 6.45) is -13.0.